The lowest BCUT2D eigenvalue weighted by Gasteiger charge is -2.07. The van der Waals surface area contributed by atoms with Gasteiger partial charge in [-0.2, -0.15) is 18.3 Å². The maximum atomic E-state index is 13.3. The summed E-state index contributed by atoms with van der Waals surface area (Å²) in [6.45, 7) is 0.194. The van der Waals surface area contributed by atoms with E-state index in [-0.39, 0.29) is 6.54 Å². The Bertz CT molecular complexity index is 1790. The number of ether oxygens (including phenoxy) is 1. The van der Waals surface area contributed by atoms with E-state index in [1.165, 1.54) is 6.07 Å². The van der Waals surface area contributed by atoms with Gasteiger partial charge in [-0.3, -0.25) is 4.68 Å². The van der Waals surface area contributed by atoms with E-state index in [4.69, 9.17) is 20.4 Å². The zero-order valence-electron chi connectivity index (χ0n) is 22.1. The number of carboxylic acid groups (broad SMARTS) is 1. The number of aromatic amines is 1. The van der Waals surface area contributed by atoms with E-state index in [1.807, 2.05) is 19.3 Å². The van der Waals surface area contributed by atoms with Crippen LogP contribution in [-0.2, 0) is 18.3 Å². The van der Waals surface area contributed by atoms with Crippen molar-refractivity contribution in [3.8, 4) is 28.3 Å². The molecule has 3 aromatic heterocycles. The van der Waals surface area contributed by atoms with Crippen LogP contribution in [-0.4, -0.2) is 54.6 Å². The van der Waals surface area contributed by atoms with E-state index in [1.54, 1.807) is 35.3 Å². The number of amides is 1. The molecule has 1 amide bonds. The molecule has 0 radical (unpaired) electrons. The van der Waals surface area contributed by atoms with Crippen molar-refractivity contribution in [2.24, 2.45) is 7.05 Å². The van der Waals surface area contributed by atoms with Crippen LogP contribution in [0.25, 0.3) is 33.5 Å². The molecule has 5 N–H and O–H groups in total. The highest BCUT2D eigenvalue weighted by molar-refractivity contribution is 5.85. The van der Waals surface area contributed by atoms with Crippen LogP contribution in [0, 0.1) is 11.6 Å². The van der Waals surface area contributed by atoms with Crippen LogP contribution in [0.15, 0.2) is 61.1 Å². The number of carbonyl (C=O) groups is 2. The normalized spacial score (nSPS) is 11.1. The first-order valence-electron chi connectivity index (χ1n) is 12.2. The Labute approximate surface area is 239 Å². The number of nitrogens with zero attached hydrogens (tertiary/aromatic N) is 4. The molecule has 0 spiro atoms. The van der Waals surface area contributed by atoms with Crippen LogP contribution >= 0.6 is 0 Å². The lowest BCUT2D eigenvalue weighted by atomic mass is 10.1. The second-order valence-corrected chi connectivity index (χ2v) is 8.94. The topological polar surface area (TPSA) is 161 Å². The highest BCUT2D eigenvalue weighted by Gasteiger charge is 2.38. The molecule has 0 aliphatic rings. The summed E-state index contributed by atoms with van der Waals surface area (Å²) in [7, 11) is 1.83. The Morgan fingerprint density at radius 1 is 1.07 bits per heavy atom. The summed E-state index contributed by atoms with van der Waals surface area (Å²) in [5.41, 5.74) is 10.3. The summed E-state index contributed by atoms with van der Waals surface area (Å²) < 4.78 is 65.1. The van der Waals surface area contributed by atoms with Crippen LogP contribution in [0.1, 0.15) is 5.56 Å². The fourth-order valence-electron chi connectivity index (χ4n) is 3.72. The summed E-state index contributed by atoms with van der Waals surface area (Å²) in [5, 5.41) is 13.9. The number of H-pyrrole nitrogens is 1. The van der Waals surface area contributed by atoms with Crippen molar-refractivity contribution in [3.05, 3.63) is 78.3 Å². The number of hydrogen-bond acceptors (Lipinski definition) is 7. The van der Waals surface area contributed by atoms with Gasteiger partial charge in [-0.05, 0) is 42.3 Å². The van der Waals surface area contributed by atoms with Gasteiger partial charge in [0.2, 0.25) is 0 Å². The van der Waals surface area contributed by atoms with Gasteiger partial charge in [-0.25, -0.2) is 28.3 Å². The van der Waals surface area contributed by atoms with E-state index in [0.717, 1.165) is 23.3 Å². The molecule has 0 bridgehead atoms. The maximum absolute atomic E-state index is 13.3. The first-order chi connectivity index (χ1) is 20.3. The summed E-state index contributed by atoms with van der Waals surface area (Å²) >= 11 is 0. The third-order valence-corrected chi connectivity index (χ3v) is 5.79. The molecule has 11 nitrogen and oxygen atoms in total. The number of alkyl halides is 3. The Hall–Kier alpha value is -5.54. The quantitative estimate of drug-likeness (QED) is 0.200. The van der Waals surface area contributed by atoms with Crippen LogP contribution < -0.4 is 15.8 Å². The summed E-state index contributed by atoms with van der Waals surface area (Å²) in [6, 6.07) is 10.5. The fraction of sp³-hybridized carbons (Fsp3) is 0.148. The average Bonchev–Trinajstić information content (AvgIpc) is 3.56. The molecule has 3 heterocycles. The second kappa shape index (κ2) is 12.5. The highest BCUT2D eigenvalue weighted by Crippen LogP contribution is 2.30. The van der Waals surface area contributed by atoms with Crippen molar-refractivity contribution in [1.29, 1.82) is 0 Å². The Morgan fingerprint density at radius 3 is 2.47 bits per heavy atom. The van der Waals surface area contributed by atoms with Gasteiger partial charge in [0.25, 0.3) is 0 Å². The first-order valence-corrected chi connectivity index (χ1v) is 12.2. The number of hydrogen-bond donors (Lipinski definition) is 4. The molecular formula is C27H22F5N7O4. The van der Waals surface area contributed by atoms with Gasteiger partial charge in [0.1, 0.15) is 17.4 Å². The number of pyridine rings is 1. The van der Waals surface area contributed by atoms with Crippen LogP contribution in [0.5, 0.6) is 5.75 Å². The number of aliphatic carboxylic acids is 1. The zero-order valence-corrected chi connectivity index (χ0v) is 22.1. The smallest absolute Gasteiger partial charge is 0.475 e. The number of benzene rings is 2. The van der Waals surface area contributed by atoms with Gasteiger partial charge < -0.3 is 25.9 Å². The van der Waals surface area contributed by atoms with Gasteiger partial charge in [0, 0.05) is 43.2 Å². The van der Waals surface area contributed by atoms with Crippen LogP contribution in [0.3, 0.4) is 0 Å². The predicted molar refractivity (Wildman–Crippen MR) is 144 cm³/mol. The van der Waals surface area contributed by atoms with Gasteiger partial charge in [0.05, 0.1) is 22.8 Å². The molecule has 0 unspecified atom stereocenters. The van der Waals surface area contributed by atoms with E-state index in [0.29, 0.717) is 46.0 Å². The molecule has 2 aromatic carbocycles. The lowest BCUT2D eigenvalue weighted by Crippen LogP contribution is -2.28. The number of fused-ring (bicyclic) bond motifs is 1. The van der Waals surface area contributed by atoms with Crippen molar-refractivity contribution >= 4 is 28.9 Å². The van der Waals surface area contributed by atoms with Gasteiger partial charge in [-0.1, -0.05) is 6.07 Å². The number of carbonyl (C=O) groups excluding carboxylic acids is 1. The van der Waals surface area contributed by atoms with Crippen molar-refractivity contribution in [2.75, 3.05) is 12.3 Å². The van der Waals surface area contributed by atoms with Crippen LogP contribution in [0.2, 0.25) is 0 Å². The highest BCUT2D eigenvalue weighted by atomic mass is 19.4. The number of nitrogens with two attached hydrogens (primary N) is 1. The second-order valence-electron chi connectivity index (χ2n) is 8.94. The van der Waals surface area contributed by atoms with Crippen LogP contribution in [0.4, 0.5) is 32.6 Å². The molecule has 224 valence electrons. The molecule has 0 saturated heterocycles. The van der Waals surface area contributed by atoms with E-state index in [9.17, 15) is 26.7 Å². The standard InChI is InChI=1S/C25H21F2N7O2.C2HF3O2/c1-34-13-16(12-31-34)15-9-18(23(28)30-11-15)24-32-21-5-3-17(10-22(21)33-24)36-25(35)29-7-6-14-2-4-19(26)20(27)8-14;3-2(4,5)1(6)7/h2-5,8-13H,6-7H2,1H3,(H2,28,30)(H,29,35)(H,32,33);(H,6,7). The third-order valence-electron chi connectivity index (χ3n) is 5.79. The Kier molecular flexibility index (Phi) is 8.87. The third kappa shape index (κ3) is 7.81. The van der Waals surface area contributed by atoms with Crippen molar-refractivity contribution in [1.82, 2.24) is 30.0 Å². The minimum Gasteiger partial charge on any atom is -0.475 e. The van der Waals surface area contributed by atoms with Gasteiger partial charge >= 0.3 is 18.2 Å². The molecule has 0 atom stereocenters. The summed E-state index contributed by atoms with van der Waals surface area (Å²) in [4.78, 5) is 33.2. The van der Waals surface area contributed by atoms with E-state index < -0.39 is 29.9 Å². The largest absolute Gasteiger partial charge is 0.490 e. The Balaban J connectivity index is 0.000000541. The number of anilines is 1. The maximum Gasteiger partial charge on any atom is 0.490 e. The molecule has 0 fully saturated rings. The fourth-order valence-corrected chi connectivity index (χ4v) is 3.72. The van der Waals surface area contributed by atoms with Crippen molar-refractivity contribution in [2.45, 2.75) is 12.6 Å². The summed E-state index contributed by atoms with van der Waals surface area (Å²) in [5.74, 6) is -3.45. The minimum atomic E-state index is -5.08. The van der Waals surface area contributed by atoms with Crippen molar-refractivity contribution < 1.29 is 41.4 Å². The number of imidazole rings is 1. The number of aryl methyl sites for hydroxylation is 1. The van der Waals surface area contributed by atoms with E-state index in [2.05, 4.69) is 25.4 Å². The minimum absolute atomic E-state index is 0.194. The number of nitrogen functional groups attached to an aromatic ring is 1. The van der Waals surface area contributed by atoms with Gasteiger partial charge in [-0.15, -0.1) is 0 Å². The number of aromatic nitrogens is 5. The molecule has 43 heavy (non-hydrogen) atoms. The summed E-state index contributed by atoms with van der Waals surface area (Å²) in [6.07, 6.45) is -0.141. The molecule has 5 rings (SSSR count). The van der Waals surface area contributed by atoms with E-state index >= 15 is 0 Å². The number of halogens is 5. The Morgan fingerprint density at radius 2 is 1.81 bits per heavy atom. The average molecular weight is 604 g/mol. The monoisotopic (exact) mass is 603 g/mol. The van der Waals surface area contributed by atoms with Gasteiger partial charge in [0.15, 0.2) is 11.6 Å². The number of carboxylic acids is 1. The number of nitrogens with one attached hydrogen (secondary N) is 2. The molecule has 5 aromatic rings. The molecule has 0 aliphatic heterocycles. The SMILES string of the molecule is Cn1cc(-c2cnc(N)c(-c3nc4ccc(OC(=O)NCCc5ccc(F)c(F)c5)cc4[nH]3)c2)cn1.O=C(O)C(F)(F)F. The first kappa shape index (κ1) is 30.4. The number of rotatable bonds is 6. The van der Waals surface area contributed by atoms with Crippen molar-refractivity contribution in [3.63, 3.8) is 0 Å². The molecule has 0 aliphatic carbocycles. The molecule has 16 heteroatoms. The predicted octanol–water partition coefficient (Wildman–Crippen LogP) is 4.85. The zero-order chi connectivity index (χ0) is 31.3. The molecule has 0 saturated carbocycles. The molecular weight excluding hydrogens is 581 g/mol. The lowest BCUT2D eigenvalue weighted by molar-refractivity contribution is -0.192.